The number of carboxylic acids is 1. The molecule has 0 amide bonds. The number of carboxylic acid groups (broad SMARTS) is 1. The molecule has 1 aromatic rings. The topological polar surface area (TPSA) is 89.9 Å². The predicted molar refractivity (Wildman–Crippen MR) is 69.3 cm³/mol. The third kappa shape index (κ3) is 5.19. The lowest BCUT2D eigenvalue weighted by atomic mass is 10.1. The average Bonchev–Trinajstić information content (AvgIpc) is 2.79. The molecular formula is C14H16O6. The first-order chi connectivity index (χ1) is 9.54. The molecule has 0 radical (unpaired) electrons. The van der Waals surface area contributed by atoms with Gasteiger partial charge in [-0.25, -0.2) is 4.79 Å². The Balaban J connectivity index is 0.000000200. The van der Waals surface area contributed by atoms with E-state index in [0.29, 0.717) is 18.8 Å². The first-order valence-electron chi connectivity index (χ1n) is 6.10. The minimum absolute atomic E-state index is 0.0944. The van der Waals surface area contributed by atoms with Crippen LogP contribution in [-0.2, 0) is 25.7 Å². The highest BCUT2D eigenvalue weighted by Crippen LogP contribution is 2.17. The van der Waals surface area contributed by atoms with Gasteiger partial charge in [-0.15, -0.1) is 0 Å². The third-order valence-electron chi connectivity index (χ3n) is 2.41. The van der Waals surface area contributed by atoms with Crippen LogP contribution in [0.3, 0.4) is 0 Å². The van der Waals surface area contributed by atoms with Crippen LogP contribution < -0.4 is 0 Å². The van der Waals surface area contributed by atoms with Gasteiger partial charge in [0.25, 0.3) is 0 Å². The zero-order valence-corrected chi connectivity index (χ0v) is 11.1. The maximum absolute atomic E-state index is 10.8. The van der Waals surface area contributed by atoms with E-state index < -0.39 is 18.2 Å². The van der Waals surface area contributed by atoms with E-state index >= 15 is 0 Å². The van der Waals surface area contributed by atoms with E-state index in [1.807, 2.05) is 18.2 Å². The maximum atomic E-state index is 10.8. The molecule has 0 aliphatic carbocycles. The van der Waals surface area contributed by atoms with Gasteiger partial charge in [0.1, 0.15) is 19.6 Å². The Bertz CT molecular complexity index is 494. The van der Waals surface area contributed by atoms with Crippen LogP contribution in [0.4, 0.5) is 0 Å². The number of carbonyl (C=O) groups is 3. The summed E-state index contributed by atoms with van der Waals surface area (Å²) in [5.41, 5.74) is 1.70. The highest BCUT2D eigenvalue weighted by molar-refractivity contribution is 5.95. The number of Topliss-reactive ketones (excluding diaryl/α,β-unsaturated/α-hetero) is 1. The SMILES string of the molecule is CCOCC(=O)CC(=O)O.O=C1OCc2ccccc21. The number of hydrogen-bond donors (Lipinski definition) is 1. The summed E-state index contributed by atoms with van der Waals surface area (Å²) in [4.78, 5) is 31.2. The van der Waals surface area contributed by atoms with Crippen molar-refractivity contribution in [1.29, 1.82) is 0 Å². The second-order valence-electron chi connectivity index (χ2n) is 3.98. The number of esters is 1. The Morgan fingerprint density at radius 2 is 2.05 bits per heavy atom. The Morgan fingerprint density at radius 3 is 2.65 bits per heavy atom. The molecule has 20 heavy (non-hydrogen) atoms. The molecule has 0 bridgehead atoms. The summed E-state index contributed by atoms with van der Waals surface area (Å²) >= 11 is 0. The Morgan fingerprint density at radius 1 is 1.35 bits per heavy atom. The number of carbonyl (C=O) groups excluding carboxylic acids is 2. The highest BCUT2D eigenvalue weighted by atomic mass is 16.5. The van der Waals surface area contributed by atoms with Crippen molar-refractivity contribution in [2.75, 3.05) is 13.2 Å². The molecule has 108 valence electrons. The third-order valence-corrected chi connectivity index (χ3v) is 2.41. The van der Waals surface area contributed by atoms with Crippen LogP contribution in [-0.4, -0.2) is 36.0 Å². The van der Waals surface area contributed by atoms with Gasteiger partial charge in [0.2, 0.25) is 0 Å². The monoisotopic (exact) mass is 280 g/mol. The van der Waals surface area contributed by atoms with E-state index in [4.69, 9.17) is 9.84 Å². The summed E-state index contributed by atoms with van der Waals surface area (Å²) in [5.74, 6) is -1.70. The fourth-order valence-electron chi connectivity index (χ4n) is 1.50. The van der Waals surface area contributed by atoms with Crippen molar-refractivity contribution in [2.45, 2.75) is 20.0 Å². The van der Waals surface area contributed by atoms with Crippen LogP contribution >= 0.6 is 0 Å². The van der Waals surface area contributed by atoms with E-state index in [1.54, 1.807) is 13.0 Å². The second-order valence-corrected chi connectivity index (χ2v) is 3.98. The zero-order chi connectivity index (χ0) is 15.0. The molecule has 6 heteroatoms. The molecule has 0 saturated heterocycles. The van der Waals surface area contributed by atoms with Crippen LogP contribution in [0.2, 0.25) is 0 Å². The van der Waals surface area contributed by atoms with Gasteiger partial charge in [0.05, 0.1) is 5.56 Å². The lowest BCUT2D eigenvalue weighted by Gasteiger charge is -1.95. The van der Waals surface area contributed by atoms with Crippen LogP contribution in [0.5, 0.6) is 0 Å². The lowest BCUT2D eigenvalue weighted by Crippen LogP contribution is -2.12. The van der Waals surface area contributed by atoms with Gasteiger partial charge in [0, 0.05) is 12.2 Å². The van der Waals surface area contributed by atoms with E-state index in [2.05, 4.69) is 4.74 Å². The molecule has 2 rings (SSSR count). The van der Waals surface area contributed by atoms with Crippen molar-refractivity contribution < 1.29 is 29.0 Å². The van der Waals surface area contributed by atoms with Gasteiger partial charge < -0.3 is 14.6 Å². The molecule has 1 aromatic carbocycles. The quantitative estimate of drug-likeness (QED) is 0.648. The van der Waals surface area contributed by atoms with E-state index in [-0.39, 0.29) is 12.6 Å². The molecule has 0 atom stereocenters. The van der Waals surface area contributed by atoms with Crippen LogP contribution in [0, 0.1) is 0 Å². The summed E-state index contributed by atoms with van der Waals surface area (Å²) in [6, 6.07) is 7.43. The molecule has 0 aromatic heterocycles. The van der Waals surface area contributed by atoms with E-state index in [1.165, 1.54) is 0 Å². The number of rotatable bonds is 5. The molecule has 1 N–H and O–H groups in total. The number of cyclic esters (lactones) is 1. The molecule has 1 heterocycles. The first kappa shape index (κ1) is 15.8. The Labute approximate surface area is 116 Å². The summed E-state index contributed by atoms with van der Waals surface area (Å²) in [6.07, 6.45) is -0.444. The fraction of sp³-hybridized carbons (Fsp3) is 0.357. The van der Waals surface area contributed by atoms with Gasteiger partial charge in [0.15, 0.2) is 5.78 Å². The van der Waals surface area contributed by atoms with Crippen molar-refractivity contribution in [3.05, 3.63) is 35.4 Å². The van der Waals surface area contributed by atoms with Gasteiger partial charge in [-0.3, -0.25) is 9.59 Å². The molecule has 1 aliphatic rings. The minimum Gasteiger partial charge on any atom is -0.481 e. The van der Waals surface area contributed by atoms with E-state index in [0.717, 1.165) is 5.56 Å². The van der Waals surface area contributed by atoms with Crippen molar-refractivity contribution in [2.24, 2.45) is 0 Å². The second kappa shape index (κ2) is 8.06. The van der Waals surface area contributed by atoms with Gasteiger partial charge in [-0.2, -0.15) is 0 Å². The molecule has 0 spiro atoms. The molecule has 0 unspecified atom stereocenters. The molecule has 0 saturated carbocycles. The van der Waals surface area contributed by atoms with Gasteiger partial charge in [-0.05, 0) is 13.0 Å². The minimum atomic E-state index is -1.11. The van der Waals surface area contributed by atoms with Crippen molar-refractivity contribution in [3.63, 3.8) is 0 Å². The number of ether oxygens (including phenoxy) is 2. The lowest BCUT2D eigenvalue weighted by molar-refractivity contribution is -0.141. The Hall–Kier alpha value is -2.21. The van der Waals surface area contributed by atoms with Crippen molar-refractivity contribution >= 4 is 17.7 Å². The molecule has 0 fully saturated rings. The van der Waals surface area contributed by atoms with Gasteiger partial charge >= 0.3 is 11.9 Å². The molecular weight excluding hydrogens is 264 g/mol. The zero-order valence-electron chi connectivity index (χ0n) is 11.1. The molecule has 1 aliphatic heterocycles. The summed E-state index contributed by atoms with van der Waals surface area (Å²) in [7, 11) is 0. The van der Waals surface area contributed by atoms with Crippen LogP contribution in [0.15, 0.2) is 24.3 Å². The number of aliphatic carboxylic acids is 1. The van der Waals surface area contributed by atoms with Crippen LogP contribution in [0.25, 0.3) is 0 Å². The fourth-order valence-corrected chi connectivity index (χ4v) is 1.50. The number of hydrogen-bond acceptors (Lipinski definition) is 5. The average molecular weight is 280 g/mol. The normalized spacial score (nSPS) is 11.9. The summed E-state index contributed by atoms with van der Waals surface area (Å²) in [6.45, 7) is 2.53. The number of benzene rings is 1. The predicted octanol–water partition coefficient (Wildman–Crippen LogP) is 1.42. The van der Waals surface area contributed by atoms with Crippen molar-refractivity contribution in [3.8, 4) is 0 Å². The smallest absolute Gasteiger partial charge is 0.338 e. The number of fused-ring (bicyclic) bond motifs is 1. The summed E-state index contributed by atoms with van der Waals surface area (Å²) in [5, 5.41) is 8.11. The maximum Gasteiger partial charge on any atom is 0.338 e. The largest absolute Gasteiger partial charge is 0.481 e. The first-order valence-corrected chi connectivity index (χ1v) is 6.10. The van der Waals surface area contributed by atoms with Crippen LogP contribution in [0.1, 0.15) is 29.3 Å². The summed E-state index contributed by atoms with van der Waals surface area (Å²) < 4.78 is 9.47. The molecule has 6 nitrogen and oxygen atoms in total. The van der Waals surface area contributed by atoms with E-state index in [9.17, 15) is 14.4 Å². The standard InChI is InChI=1S/C8H6O2.C6H10O4/c9-8-7-4-2-1-3-6(7)5-10-8;1-2-10-4-5(7)3-6(8)9/h1-4H,5H2;2-4H2,1H3,(H,8,9). The van der Waals surface area contributed by atoms with Crippen molar-refractivity contribution in [1.82, 2.24) is 0 Å². The highest BCUT2D eigenvalue weighted by Gasteiger charge is 2.18. The Kier molecular flexibility index (Phi) is 6.39. The number of ketones is 1. The van der Waals surface area contributed by atoms with Gasteiger partial charge in [-0.1, -0.05) is 18.2 Å².